The number of ether oxygens (including phenoxy) is 1. The summed E-state index contributed by atoms with van der Waals surface area (Å²) in [5.41, 5.74) is 1.56. The number of hydrogen-bond donors (Lipinski definition) is 2. The van der Waals surface area contributed by atoms with Gasteiger partial charge in [-0.25, -0.2) is 17.8 Å². The number of aromatic nitrogens is 6. The average Bonchev–Trinajstić information content (AvgIpc) is 3.32. The third-order valence-corrected chi connectivity index (χ3v) is 5.29. The van der Waals surface area contributed by atoms with Crippen molar-refractivity contribution < 1.29 is 17.5 Å². The molecule has 0 aliphatic carbocycles. The number of rotatable bonds is 6. The van der Waals surface area contributed by atoms with Crippen LogP contribution in [0.5, 0.6) is 5.75 Å². The summed E-state index contributed by atoms with van der Waals surface area (Å²) in [6.07, 6.45) is 4.55. The van der Waals surface area contributed by atoms with Crippen molar-refractivity contribution in [1.82, 2.24) is 29.8 Å². The number of nitrogens with zero attached hydrogens (tertiary/aromatic N) is 5. The molecule has 0 unspecified atom stereocenters. The number of anilines is 2. The molecule has 0 radical (unpaired) electrons. The minimum absolute atomic E-state index is 0.0238. The fraction of sp³-hybridized carbons (Fsp3) is 0.176. The summed E-state index contributed by atoms with van der Waals surface area (Å²) < 4.78 is 44.3. The van der Waals surface area contributed by atoms with Crippen LogP contribution in [-0.2, 0) is 9.05 Å². The molecule has 10 nitrogen and oxygen atoms in total. The molecule has 0 amide bonds. The highest BCUT2D eigenvalue weighted by Crippen LogP contribution is 2.32. The number of H-pyrrole nitrogens is 1. The van der Waals surface area contributed by atoms with Crippen molar-refractivity contribution in [3.63, 3.8) is 0 Å². The third kappa shape index (κ3) is 3.91. The predicted molar refractivity (Wildman–Crippen MR) is 107 cm³/mol. The lowest BCUT2D eigenvalue weighted by atomic mass is 10.2. The van der Waals surface area contributed by atoms with Crippen molar-refractivity contribution in [2.75, 3.05) is 5.32 Å². The smallest absolute Gasteiger partial charge is 0.261 e. The van der Waals surface area contributed by atoms with E-state index in [2.05, 4.69) is 30.6 Å². The van der Waals surface area contributed by atoms with Gasteiger partial charge in [0.25, 0.3) is 9.05 Å². The minimum atomic E-state index is -4.04. The second kappa shape index (κ2) is 7.54. The van der Waals surface area contributed by atoms with Gasteiger partial charge in [-0.1, -0.05) is 0 Å². The second-order valence-corrected chi connectivity index (χ2v) is 9.05. The van der Waals surface area contributed by atoms with Gasteiger partial charge in [0, 0.05) is 22.4 Å². The molecule has 3 aromatic heterocycles. The number of halogens is 2. The van der Waals surface area contributed by atoms with Crippen molar-refractivity contribution in [3.05, 3.63) is 42.7 Å². The van der Waals surface area contributed by atoms with E-state index in [9.17, 15) is 12.8 Å². The summed E-state index contributed by atoms with van der Waals surface area (Å²) in [6, 6.07) is 3.22. The average molecular weight is 452 g/mol. The Morgan fingerprint density at radius 1 is 1.33 bits per heavy atom. The van der Waals surface area contributed by atoms with E-state index in [0.29, 0.717) is 22.7 Å². The van der Waals surface area contributed by atoms with Crippen LogP contribution in [0.25, 0.3) is 16.9 Å². The SMILES string of the molecule is CC(C)Oc1c(-c2cn[nH]c2)ncn2nc(Nc3ccc(S(=O)(=O)Cl)cc3F)nc12. The van der Waals surface area contributed by atoms with E-state index in [1.165, 1.54) is 23.0 Å². The van der Waals surface area contributed by atoms with Crippen LogP contribution in [0.1, 0.15) is 13.8 Å². The summed E-state index contributed by atoms with van der Waals surface area (Å²) >= 11 is 0. The lowest BCUT2D eigenvalue weighted by molar-refractivity contribution is 0.244. The summed E-state index contributed by atoms with van der Waals surface area (Å²) in [6.45, 7) is 3.72. The molecule has 0 fully saturated rings. The zero-order chi connectivity index (χ0) is 21.5. The summed E-state index contributed by atoms with van der Waals surface area (Å²) in [4.78, 5) is 8.40. The molecule has 156 valence electrons. The van der Waals surface area contributed by atoms with E-state index in [-0.39, 0.29) is 22.6 Å². The van der Waals surface area contributed by atoms with Gasteiger partial charge in [-0.05, 0) is 32.0 Å². The number of aromatic amines is 1. The van der Waals surface area contributed by atoms with Gasteiger partial charge in [0.1, 0.15) is 17.8 Å². The third-order valence-electron chi connectivity index (χ3n) is 3.94. The molecular formula is C17H15ClFN7O3S. The van der Waals surface area contributed by atoms with Crippen LogP contribution in [0, 0.1) is 5.82 Å². The molecule has 0 bridgehead atoms. The molecule has 13 heteroatoms. The van der Waals surface area contributed by atoms with Gasteiger partial charge in [0.15, 0.2) is 5.75 Å². The molecule has 0 saturated heterocycles. The molecule has 2 N–H and O–H groups in total. The number of nitrogens with one attached hydrogen (secondary N) is 2. The topological polar surface area (TPSA) is 127 Å². The molecular weight excluding hydrogens is 437 g/mol. The minimum Gasteiger partial charge on any atom is -0.485 e. The van der Waals surface area contributed by atoms with Crippen molar-refractivity contribution in [3.8, 4) is 17.0 Å². The highest BCUT2D eigenvalue weighted by molar-refractivity contribution is 8.13. The lowest BCUT2D eigenvalue weighted by Crippen LogP contribution is -2.09. The van der Waals surface area contributed by atoms with Crippen LogP contribution >= 0.6 is 10.7 Å². The summed E-state index contributed by atoms with van der Waals surface area (Å²) in [7, 11) is 1.20. The molecule has 4 aromatic rings. The first-order chi connectivity index (χ1) is 14.2. The Balaban J connectivity index is 1.75. The van der Waals surface area contributed by atoms with E-state index in [1.54, 1.807) is 12.4 Å². The number of fused-ring (bicyclic) bond motifs is 1. The normalized spacial score (nSPS) is 11.9. The van der Waals surface area contributed by atoms with Crippen molar-refractivity contribution in [1.29, 1.82) is 0 Å². The molecule has 0 spiro atoms. The Morgan fingerprint density at radius 2 is 2.13 bits per heavy atom. The summed E-state index contributed by atoms with van der Waals surface area (Å²) in [5.74, 6) is -0.375. The zero-order valence-electron chi connectivity index (χ0n) is 15.7. The van der Waals surface area contributed by atoms with Crippen LogP contribution in [0.15, 0.2) is 41.8 Å². The Hall–Kier alpha value is -3.25. The van der Waals surface area contributed by atoms with E-state index in [1.807, 2.05) is 13.8 Å². The van der Waals surface area contributed by atoms with Crippen molar-refractivity contribution >= 4 is 37.0 Å². The quantitative estimate of drug-likeness (QED) is 0.428. The highest BCUT2D eigenvalue weighted by Gasteiger charge is 2.20. The highest BCUT2D eigenvalue weighted by atomic mass is 35.7. The molecule has 30 heavy (non-hydrogen) atoms. The van der Waals surface area contributed by atoms with Gasteiger partial charge >= 0.3 is 0 Å². The van der Waals surface area contributed by atoms with E-state index >= 15 is 0 Å². The van der Waals surface area contributed by atoms with E-state index in [4.69, 9.17) is 15.4 Å². The zero-order valence-corrected chi connectivity index (χ0v) is 17.2. The lowest BCUT2D eigenvalue weighted by Gasteiger charge is -2.12. The molecule has 4 rings (SSSR count). The van der Waals surface area contributed by atoms with Gasteiger partial charge in [-0.15, -0.1) is 5.10 Å². The molecule has 0 aliphatic heterocycles. The molecule has 0 saturated carbocycles. The van der Waals surface area contributed by atoms with E-state index < -0.39 is 14.9 Å². The first-order valence-electron chi connectivity index (χ1n) is 8.65. The largest absolute Gasteiger partial charge is 0.485 e. The summed E-state index contributed by atoms with van der Waals surface area (Å²) in [5, 5.41) is 13.6. The van der Waals surface area contributed by atoms with Crippen LogP contribution in [0.2, 0.25) is 0 Å². The standard InChI is InChI=1S/C17H15ClFN7O3S/c1-9(2)29-15-14(10-6-21-22-7-10)20-8-26-16(15)24-17(25-26)23-13-4-3-11(5-12(13)19)30(18,27)28/h3-9H,1-2H3,(H,21,22)(H,23,25). The fourth-order valence-electron chi connectivity index (χ4n) is 2.69. The second-order valence-electron chi connectivity index (χ2n) is 6.48. The Labute approximate surface area is 174 Å². The molecule has 0 atom stereocenters. The monoisotopic (exact) mass is 451 g/mol. The maximum absolute atomic E-state index is 14.3. The molecule has 0 aliphatic rings. The van der Waals surface area contributed by atoms with Gasteiger partial charge in [-0.2, -0.15) is 14.6 Å². The first kappa shape index (κ1) is 20.0. The number of benzene rings is 1. The maximum atomic E-state index is 14.3. The van der Waals surface area contributed by atoms with Gasteiger partial charge in [0.2, 0.25) is 11.6 Å². The number of hydrogen-bond acceptors (Lipinski definition) is 8. The fourth-order valence-corrected chi connectivity index (χ4v) is 3.45. The molecule has 1 aromatic carbocycles. The Morgan fingerprint density at radius 3 is 2.77 bits per heavy atom. The van der Waals surface area contributed by atoms with Gasteiger partial charge in [0.05, 0.1) is 22.9 Å². The Kier molecular flexibility index (Phi) is 5.03. The maximum Gasteiger partial charge on any atom is 0.261 e. The van der Waals surface area contributed by atoms with Gasteiger partial charge in [-0.3, -0.25) is 5.10 Å². The van der Waals surface area contributed by atoms with Crippen LogP contribution in [-0.4, -0.2) is 44.3 Å². The first-order valence-corrected chi connectivity index (χ1v) is 11.0. The predicted octanol–water partition coefficient (Wildman–Crippen LogP) is 3.11. The van der Waals surface area contributed by atoms with Crippen LogP contribution in [0.4, 0.5) is 16.0 Å². The van der Waals surface area contributed by atoms with Crippen molar-refractivity contribution in [2.24, 2.45) is 0 Å². The van der Waals surface area contributed by atoms with Crippen molar-refractivity contribution in [2.45, 2.75) is 24.8 Å². The Bertz CT molecular complexity index is 1320. The van der Waals surface area contributed by atoms with E-state index in [0.717, 1.165) is 6.07 Å². The van der Waals surface area contributed by atoms with Crippen LogP contribution < -0.4 is 10.1 Å². The molecule has 3 heterocycles. The van der Waals surface area contributed by atoms with Gasteiger partial charge < -0.3 is 10.1 Å². The van der Waals surface area contributed by atoms with Crippen LogP contribution in [0.3, 0.4) is 0 Å².